The minimum Gasteiger partial charge on any atom is -0.454 e. The lowest BCUT2D eigenvalue weighted by Crippen LogP contribution is -2.00. The molecule has 5 heteroatoms. The molecule has 8 aromatic carbocycles. The molecular formula is C54H34N4O. The summed E-state index contributed by atoms with van der Waals surface area (Å²) in [4.78, 5) is 20.3. The first-order valence-electron chi connectivity index (χ1n) is 19.7. The van der Waals surface area contributed by atoms with Gasteiger partial charge < -0.3 is 4.42 Å². The van der Waals surface area contributed by atoms with Crippen LogP contribution >= 0.6 is 0 Å². The topological polar surface area (TPSA) is 64.7 Å². The minimum absolute atomic E-state index is 0.618. The van der Waals surface area contributed by atoms with E-state index in [2.05, 4.69) is 140 Å². The molecule has 0 unspecified atom stereocenters. The summed E-state index contributed by atoms with van der Waals surface area (Å²) in [5.41, 5.74) is 13.9. The van der Waals surface area contributed by atoms with Crippen LogP contribution in [0.25, 0.3) is 112 Å². The van der Waals surface area contributed by atoms with E-state index in [1.54, 1.807) is 0 Å². The van der Waals surface area contributed by atoms with E-state index in [0.717, 1.165) is 88.6 Å². The Kier molecular flexibility index (Phi) is 8.41. The summed E-state index contributed by atoms with van der Waals surface area (Å²) in [5.74, 6) is 1.87. The van der Waals surface area contributed by atoms with E-state index in [0.29, 0.717) is 17.5 Å². The highest BCUT2D eigenvalue weighted by molar-refractivity contribution is 6.21. The molecular weight excluding hydrogens is 721 g/mol. The van der Waals surface area contributed by atoms with Gasteiger partial charge in [0.2, 0.25) is 0 Å². The zero-order valence-corrected chi connectivity index (χ0v) is 31.8. The first-order chi connectivity index (χ1) is 29.2. The maximum absolute atomic E-state index is 6.47. The Hall–Kier alpha value is -8.02. The predicted octanol–water partition coefficient (Wildman–Crippen LogP) is 14.0. The van der Waals surface area contributed by atoms with Crippen LogP contribution in [0.2, 0.25) is 0 Å². The molecule has 0 atom stereocenters. The smallest absolute Gasteiger partial charge is 0.164 e. The maximum Gasteiger partial charge on any atom is 0.164 e. The Morgan fingerprint density at radius 3 is 1.39 bits per heavy atom. The van der Waals surface area contributed by atoms with Crippen LogP contribution in [0.3, 0.4) is 0 Å². The zero-order chi connectivity index (χ0) is 39.1. The van der Waals surface area contributed by atoms with Crippen molar-refractivity contribution in [1.29, 1.82) is 0 Å². The highest BCUT2D eigenvalue weighted by atomic mass is 16.3. The van der Waals surface area contributed by atoms with Crippen LogP contribution < -0.4 is 0 Å². The number of hydrogen-bond acceptors (Lipinski definition) is 5. The molecule has 0 fully saturated rings. The fraction of sp³-hybridized carbons (Fsp3) is 0. The van der Waals surface area contributed by atoms with Gasteiger partial charge in [0.15, 0.2) is 23.1 Å². The number of aromatic nitrogens is 4. The summed E-state index contributed by atoms with van der Waals surface area (Å²) in [6.45, 7) is 0. The molecule has 3 aromatic heterocycles. The van der Waals surface area contributed by atoms with Gasteiger partial charge in [-0.2, -0.15) is 0 Å². The quantitative estimate of drug-likeness (QED) is 0.162. The van der Waals surface area contributed by atoms with Crippen molar-refractivity contribution >= 4 is 32.8 Å². The summed E-state index contributed by atoms with van der Waals surface area (Å²) in [6, 6.07) is 71.1. The van der Waals surface area contributed by atoms with Crippen molar-refractivity contribution in [2.24, 2.45) is 0 Å². The Morgan fingerprint density at radius 2 is 0.729 bits per heavy atom. The van der Waals surface area contributed by atoms with Crippen LogP contribution in [-0.4, -0.2) is 19.9 Å². The average molecular weight is 755 g/mol. The van der Waals surface area contributed by atoms with Crippen molar-refractivity contribution in [2.75, 3.05) is 0 Å². The van der Waals surface area contributed by atoms with Crippen molar-refractivity contribution < 1.29 is 4.42 Å². The van der Waals surface area contributed by atoms with Crippen molar-refractivity contribution in [3.8, 4) is 78.8 Å². The summed E-state index contributed by atoms with van der Waals surface area (Å²) in [5, 5.41) is 3.24. The molecule has 276 valence electrons. The van der Waals surface area contributed by atoms with Gasteiger partial charge >= 0.3 is 0 Å². The van der Waals surface area contributed by atoms with Crippen molar-refractivity contribution in [3.63, 3.8) is 0 Å². The van der Waals surface area contributed by atoms with Crippen molar-refractivity contribution in [3.05, 3.63) is 206 Å². The number of para-hydroxylation sites is 1. The molecule has 0 aliphatic carbocycles. The van der Waals surface area contributed by atoms with Gasteiger partial charge in [0.05, 0.1) is 5.52 Å². The normalized spacial score (nSPS) is 11.4. The van der Waals surface area contributed by atoms with Gasteiger partial charge in [-0.25, -0.2) is 19.9 Å². The van der Waals surface area contributed by atoms with E-state index >= 15 is 0 Å². The fourth-order valence-electron chi connectivity index (χ4n) is 7.97. The Labute approximate surface area is 341 Å². The second-order valence-corrected chi connectivity index (χ2v) is 14.6. The van der Waals surface area contributed by atoms with E-state index in [1.807, 2.05) is 66.7 Å². The molecule has 0 amide bonds. The Balaban J connectivity index is 0.980. The van der Waals surface area contributed by atoms with Gasteiger partial charge in [0.1, 0.15) is 11.3 Å². The van der Waals surface area contributed by atoms with Crippen LogP contribution in [0.15, 0.2) is 211 Å². The molecule has 11 aromatic rings. The average Bonchev–Trinajstić information content (AvgIpc) is 3.72. The summed E-state index contributed by atoms with van der Waals surface area (Å²) >= 11 is 0. The van der Waals surface area contributed by atoms with Crippen LogP contribution in [0.5, 0.6) is 0 Å². The minimum atomic E-state index is 0.618. The lowest BCUT2D eigenvalue weighted by Gasteiger charge is -2.11. The monoisotopic (exact) mass is 754 g/mol. The molecule has 0 saturated heterocycles. The number of nitrogens with zero attached hydrogens (tertiary/aromatic N) is 4. The lowest BCUT2D eigenvalue weighted by molar-refractivity contribution is 0.669. The molecule has 0 bridgehead atoms. The molecule has 5 nitrogen and oxygen atoms in total. The Morgan fingerprint density at radius 1 is 0.288 bits per heavy atom. The van der Waals surface area contributed by atoms with Gasteiger partial charge in [-0.3, -0.25) is 0 Å². The van der Waals surface area contributed by atoms with Crippen molar-refractivity contribution in [2.45, 2.75) is 0 Å². The van der Waals surface area contributed by atoms with E-state index in [1.165, 1.54) is 5.56 Å². The Bertz CT molecular complexity index is 3310. The molecule has 0 aliphatic rings. The summed E-state index contributed by atoms with van der Waals surface area (Å²) in [6.07, 6.45) is 0. The maximum atomic E-state index is 6.47. The first-order valence-corrected chi connectivity index (χ1v) is 19.7. The standard InChI is InChI=1S/C54H34N4O/c1-4-14-35(15-5-1)36-26-28-39(29-27-36)53-56-52(38-18-8-3-9-19-38)57-54(58-53)44-23-13-22-42(33-44)40-20-12-21-41(32-40)43-30-31-45-47(34-43)55-50(37-16-6-2-7-17-37)51-49(45)46-24-10-11-25-48(46)59-51/h1-34H. The first kappa shape index (κ1) is 34.2. The van der Waals surface area contributed by atoms with Crippen molar-refractivity contribution in [1.82, 2.24) is 19.9 Å². The zero-order valence-electron chi connectivity index (χ0n) is 31.8. The summed E-state index contributed by atoms with van der Waals surface area (Å²) < 4.78 is 6.47. The van der Waals surface area contributed by atoms with Crippen LogP contribution in [0.1, 0.15) is 0 Å². The molecule has 0 radical (unpaired) electrons. The van der Waals surface area contributed by atoms with E-state index < -0.39 is 0 Å². The van der Waals surface area contributed by atoms with Gasteiger partial charge in [0, 0.05) is 38.4 Å². The summed E-state index contributed by atoms with van der Waals surface area (Å²) in [7, 11) is 0. The fourth-order valence-corrected chi connectivity index (χ4v) is 7.97. The molecule has 0 N–H and O–H groups in total. The highest BCUT2D eigenvalue weighted by Crippen LogP contribution is 2.40. The number of hydrogen-bond donors (Lipinski definition) is 0. The third kappa shape index (κ3) is 6.41. The highest BCUT2D eigenvalue weighted by Gasteiger charge is 2.19. The molecule has 0 saturated carbocycles. The van der Waals surface area contributed by atoms with Gasteiger partial charge in [-0.05, 0) is 57.6 Å². The molecule has 3 heterocycles. The van der Waals surface area contributed by atoms with Crippen LogP contribution in [0, 0.1) is 0 Å². The van der Waals surface area contributed by atoms with E-state index in [9.17, 15) is 0 Å². The predicted molar refractivity (Wildman–Crippen MR) is 240 cm³/mol. The second-order valence-electron chi connectivity index (χ2n) is 14.6. The number of furan rings is 1. The number of pyridine rings is 1. The third-order valence-corrected chi connectivity index (χ3v) is 10.9. The number of rotatable bonds is 7. The molecule has 11 rings (SSSR count). The number of benzene rings is 8. The third-order valence-electron chi connectivity index (χ3n) is 10.9. The lowest BCUT2D eigenvalue weighted by atomic mass is 9.96. The molecule has 0 spiro atoms. The van der Waals surface area contributed by atoms with E-state index in [-0.39, 0.29) is 0 Å². The van der Waals surface area contributed by atoms with Gasteiger partial charge in [-0.1, -0.05) is 182 Å². The van der Waals surface area contributed by atoms with Crippen LogP contribution in [-0.2, 0) is 0 Å². The largest absolute Gasteiger partial charge is 0.454 e. The molecule has 59 heavy (non-hydrogen) atoms. The van der Waals surface area contributed by atoms with Crippen LogP contribution in [0.4, 0.5) is 0 Å². The van der Waals surface area contributed by atoms with E-state index in [4.69, 9.17) is 24.4 Å². The van der Waals surface area contributed by atoms with Gasteiger partial charge in [-0.15, -0.1) is 0 Å². The van der Waals surface area contributed by atoms with Gasteiger partial charge in [0.25, 0.3) is 0 Å². The molecule has 0 aliphatic heterocycles. The SMILES string of the molecule is c1ccc(-c2ccc(-c3nc(-c4ccccc4)nc(-c4cccc(-c5cccc(-c6ccc7c(c6)nc(-c6ccccc6)c6oc8ccccc8c67)c5)c4)n3)cc2)cc1. The number of fused-ring (bicyclic) bond motifs is 5. The second kappa shape index (κ2) is 14.5.